The van der Waals surface area contributed by atoms with Gasteiger partial charge in [-0.2, -0.15) is 10.2 Å². The summed E-state index contributed by atoms with van der Waals surface area (Å²) in [7, 11) is 0. The topological polar surface area (TPSA) is 68.3 Å². The molecule has 0 radical (unpaired) electrons. The summed E-state index contributed by atoms with van der Waals surface area (Å²) < 4.78 is 5.77. The lowest BCUT2D eigenvalue weighted by Gasteiger charge is -2.37. The minimum absolute atomic E-state index is 0.201. The van der Waals surface area contributed by atoms with E-state index in [1.807, 2.05) is 20.8 Å². The zero-order valence-electron chi connectivity index (χ0n) is 15.0. The SMILES string of the molecule is CCN1CCN([C@H](C)CNc2oc(C(C)(C)C)nc2C#N)CC1. The summed E-state index contributed by atoms with van der Waals surface area (Å²) in [5.41, 5.74) is 0.145. The van der Waals surface area contributed by atoms with Crippen molar-refractivity contribution in [3.8, 4) is 6.07 Å². The molecule has 128 valence electrons. The Morgan fingerprint density at radius 2 is 1.96 bits per heavy atom. The molecular weight excluding hydrogens is 290 g/mol. The first-order valence-electron chi connectivity index (χ1n) is 8.46. The van der Waals surface area contributed by atoms with Crippen LogP contribution in [0.15, 0.2) is 4.42 Å². The van der Waals surface area contributed by atoms with Crippen LogP contribution in [0.1, 0.15) is 46.2 Å². The van der Waals surface area contributed by atoms with Crippen molar-refractivity contribution in [3.63, 3.8) is 0 Å². The summed E-state index contributed by atoms with van der Waals surface area (Å²) in [6.07, 6.45) is 0. The number of nitrogens with zero attached hydrogens (tertiary/aromatic N) is 4. The number of hydrogen-bond donors (Lipinski definition) is 1. The molecule has 0 aromatic carbocycles. The summed E-state index contributed by atoms with van der Waals surface area (Å²) in [6, 6.07) is 2.51. The number of hydrogen-bond acceptors (Lipinski definition) is 6. The van der Waals surface area contributed by atoms with E-state index in [1.54, 1.807) is 0 Å². The molecule has 23 heavy (non-hydrogen) atoms. The van der Waals surface area contributed by atoms with Gasteiger partial charge in [-0.1, -0.05) is 27.7 Å². The first-order valence-corrected chi connectivity index (χ1v) is 8.46. The zero-order chi connectivity index (χ0) is 17.0. The standard InChI is InChI=1S/C17H29N5O/c1-6-21-7-9-22(10-8-21)13(2)12-19-15-14(11-18)20-16(23-15)17(3,4)5/h13,19H,6-10,12H2,1-5H3/t13-/m1/s1. The van der Waals surface area contributed by atoms with Crippen molar-refractivity contribution < 1.29 is 4.42 Å². The van der Waals surface area contributed by atoms with E-state index in [-0.39, 0.29) is 5.41 Å². The van der Waals surface area contributed by atoms with Gasteiger partial charge in [0.1, 0.15) is 6.07 Å². The molecule has 1 N–H and O–H groups in total. The molecular formula is C17H29N5O. The number of oxazole rings is 1. The van der Waals surface area contributed by atoms with E-state index in [0.29, 0.717) is 23.5 Å². The lowest BCUT2D eigenvalue weighted by molar-refractivity contribution is 0.110. The van der Waals surface area contributed by atoms with Gasteiger partial charge < -0.3 is 14.6 Å². The van der Waals surface area contributed by atoms with Crippen molar-refractivity contribution >= 4 is 5.88 Å². The summed E-state index contributed by atoms with van der Waals surface area (Å²) in [5, 5.41) is 12.5. The van der Waals surface area contributed by atoms with Crippen LogP contribution in [0, 0.1) is 11.3 Å². The number of aromatic nitrogens is 1. The average molecular weight is 319 g/mol. The van der Waals surface area contributed by atoms with E-state index in [9.17, 15) is 5.26 Å². The zero-order valence-corrected chi connectivity index (χ0v) is 15.0. The Hall–Kier alpha value is -1.58. The Morgan fingerprint density at radius 3 is 2.48 bits per heavy atom. The third-order valence-corrected chi connectivity index (χ3v) is 4.41. The van der Waals surface area contributed by atoms with Crippen LogP contribution in [0.4, 0.5) is 5.88 Å². The van der Waals surface area contributed by atoms with Crippen LogP contribution >= 0.6 is 0 Å². The molecule has 6 heteroatoms. The Morgan fingerprint density at radius 1 is 1.30 bits per heavy atom. The van der Waals surface area contributed by atoms with E-state index in [4.69, 9.17) is 4.42 Å². The van der Waals surface area contributed by atoms with Crippen LogP contribution in [0.2, 0.25) is 0 Å². The highest BCUT2D eigenvalue weighted by atomic mass is 16.4. The Kier molecular flexibility index (Phi) is 5.66. The fraction of sp³-hybridized carbons (Fsp3) is 0.765. The van der Waals surface area contributed by atoms with E-state index in [2.05, 4.69) is 40.0 Å². The van der Waals surface area contributed by atoms with Gasteiger partial charge in [-0.25, -0.2) is 0 Å². The quantitative estimate of drug-likeness (QED) is 0.898. The van der Waals surface area contributed by atoms with Gasteiger partial charge >= 0.3 is 0 Å². The molecule has 0 unspecified atom stereocenters. The van der Waals surface area contributed by atoms with Gasteiger partial charge in [-0.05, 0) is 13.5 Å². The molecule has 0 spiro atoms. The van der Waals surface area contributed by atoms with Crippen LogP contribution in [-0.4, -0.2) is 60.1 Å². The largest absolute Gasteiger partial charge is 0.423 e. The lowest BCUT2D eigenvalue weighted by Crippen LogP contribution is -2.51. The van der Waals surface area contributed by atoms with Gasteiger partial charge in [0.2, 0.25) is 17.5 Å². The van der Waals surface area contributed by atoms with Gasteiger partial charge in [0, 0.05) is 44.2 Å². The first kappa shape index (κ1) is 17.8. The maximum atomic E-state index is 9.24. The minimum atomic E-state index is -0.201. The molecule has 0 bridgehead atoms. The molecule has 2 heterocycles. The van der Waals surface area contributed by atoms with Crippen LogP contribution in [0.5, 0.6) is 0 Å². The number of rotatable bonds is 5. The van der Waals surface area contributed by atoms with Crippen LogP contribution in [-0.2, 0) is 5.41 Å². The number of piperazine rings is 1. The van der Waals surface area contributed by atoms with Crippen molar-refractivity contribution in [1.29, 1.82) is 5.26 Å². The molecule has 1 fully saturated rings. The lowest BCUT2D eigenvalue weighted by atomic mass is 9.97. The molecule has 1 aliphatic heterocycles. The smallest absolute Gasteiger partial charge is 0.232 e. The van der Waals surface area contributed by atoms with Crippen molar-refractivity contribution in [1.82, 2.24) is 14.8 Å². The predicted octanol–water partition coefficient (Wildman–Crippen LogP) is 2.28. The highest BCUT2D eigenvalue weighted by molar-refractivity contribution is 5.45. The molecule has 1 aromatic heterocycles. The molecule has 1 atom stereocenters. The minimum Gasteiger partial charge on any atom is -0.423 e. The second-order valence-corrected chi connectivity index (χ2v) is 7.26. The van der Waals surface area contributed by atoms with Gasteiger partial charge in [0.15, 0.2) is 0 Å². The van der Waals surface area contributed by atoms with Crippen LogP contribution in [0.25, 0.3) is 0 Å². The molecule has 1 aliphatic rings. The molecule has 1 aromatic rings. The van der Waals surface area contributed by atoms with Crippen LogP contribution in [0.3, 0.4) is 0 Å². The molecule has 0 aliphatic carbocycles. The first-order chi connectivity index (χ1) is 10.8. The van der Waals surface area contributed by atoms with Crippen molar-refractivity contribution in [2.24, 2.45) is 0 Å². The van der Waals surface area contributed by atoms with E-state index < -0.39 is 0 Å². The summed E-state index contributed by atoms with van der Waals surface area (Å²) in [4.78, 5) is 9.25. The second kappa shape index (κ2) is 7.33. The normalized spacial score (nSPS) is 18.6. The maximum Gasteiger partial charge on any atom is 0.232 e. The average Bonchev–Trinajstić information content (AvgIpc) is 2.96. The van der Waals surface area contributed by atoms with Gasteiger partial charge in [0.05, 0.1) is 0 Å². The van der Waals surface area contributed by atoms with Gasteiger partial charge in [-0.15, -0.1) is 0 Å². The van der Waals surface area contributed by atoms with Crippen LogP contribution < -0.4 is 5.32 Å². The molecule has 0 saturated carbocycles. The summed E-state index contributed by atoms with van der Waals surface area (Å²) in [5.74, 6) is 1.09. The molecule has 1 saturated heterocycles. The highest BCUT2D eigenvalue weighted by Gasteiger charge is 2.25. The number of anilines is 1. The number of likely N-dealkylation sites (N-methyl/N-ethyl adjacent to an activating group) is 1. The molecule has 2 rings (SSSR count). The van der Waals surface area contributed by atoms with E-state index in [0.717, 1.165) is 39.3 Å². The number of nitrogens with one attached hydrogen (secondary N) is 1. The van der Waals surface area contributed by atoms with E-state index in [1.165, 1.54) is 0 Å². The number of nitriles is 1. The monoisotopic (exact) mass is 319 g/mol. The fourth-order valence-electron chi connectivity index (χ4n) is 2.73. The molecule has 6 nitrogen and oxygen atoms in total. The van der Waals surface area contributed by atoms with Crippen molar-refractivity contribution in [3.05, 3.63) is 11.6 Å². The van der Waals surface area contributed by atoms with Gasteiger partial charge in [-0.3, -0.25) is 4.90 Å². The summed E-state index contributed by atoms with van der Waals surface area (Å²) in [6.45, 7) is 16.8. The Bertz CT molecular complexity index is 546. The Balaban J connectivity index is 1.93. The predicted molar refractivity (Wildman–Crippen MR) is 91.6 cm³/mol. The van der Waals surface area contributed by atoms with E-state index >= 15 is 0 Å². The van der Waals surface area contributed by atoms with Gasteiger partial charge in [0.25, 0.3) is 0 Å². The third-order valence-electron chi connectivity index (χ3n) is 4.41. The highest BCUT2D eigenvalue weighted by Crippen LogP contribution is 2.26. The molecule has 0 amide bonds. The Labute approximate surface area is 139 Å². The van der Waals surface area contributed by atoms with Crippen molar-refractivity contribution in [2.45, 2.75) is 46.1 Å². The van der Waals surface area contributed by atoms with Crippen molar-refractivity contribution in [2.75, 3.05) is 44.6 Å². The third kappa shape index (κ3) is 4.46. The second-order valence-electron chi connectivity index (χ2n) is 7.26. The summed E-state index contributed by atoms with van der Waals surface area (Å²) >= 11 is 0. The fourth-order valence-corrected chi connectivity index (χ4v) is 2.73. The maximum absolute atomic E-state index is 9.24.